The van der Waals surface area contributed by atoms with E-state index in [1.54, 1.807) is 6.92 Å². The average molecular weight is 302 g/mol. The lowest BCUT2D eigenvalue weighted by atomic mass is 9.88. The van der Waals surface area contributed by atoms with E-state index in [9.17, 15) is 9.59 Å². The minimum absolute atomic E-state index is 0.172. The minimum atomic E-state index is -0.973. The number of nitrogens with zero attached hydrogens (tertiary/aromatic N) is 1. The van der Waals surface area contributed by atoms with Crippen molar-refractivity contribution in [3.63, 3.8) is 0 Å². The molecule has 2 aliphatic heterocycles. The summed E-state index contributed by atoms with van der Waals surface area (Å²) in [5, 5.41) is 2.86. The second-order valence-electron chi connectivity index (χ2n) is 6.25. The van der Waals surface area contributed by atoms with Crippen LogP contribution in [0.1, 0.15) is 37.3 Å². The van der Waals surface area contributed by atoms with Crippen LogP contribution in [0.15, 0.2) is 24.3 Å². The standard InChI is InChI=1S/C17H22N2O3/c1-12-6-3-4-8-14(12)17(2)15(20)19(16(21)18-17)10-9-13-7-5-11-22-13/h3-4,6,8,13H,5,7,9-11H2,1-2H3,(H,18,21)/t13-,17-/m0/s1. The lowest BCUT2D eigenvalue weighted by molar-refractivity contribution is -0.131. The summed E-state index contributed by atoms with van der Waals surface area (Å²) in [4.78, 5) is 26.4. The fourth-order valence-electron chi connectivity index (χ4n) is 3.36. The molecule has 0 bridgehead atoms. The van der Waals surface area contributed by atoms with Gasteiger partial charge in [-0.05, 0) is 44.2 Å². The number of hydrogen-bond acceptors (Lipinski definition) is 3. The third-order valence-corrected chi connectivity index (χ3v) is 4.66. The number of nitrogens with one attached hydrogen (secondary N) is 1. The fourth-order valence-corrected chi connectivity index (χ4v) is 3.36. The van der Waals surface area contributed by atoms with E-state index >= 15 is 0 Å². The molecule has 1 aromatic rings. The summed E-state index contributed by atoms with van der Waals surface area (Å²) >= 11 is 0. The summed E-state index contributed by atoms with van der Waals surface area (Å²) in [5.74, 6) is -0.176. The maximum atomic E-state index is 12.8. The maximum Gasteiger partial charge on any atom is 0.325 e. The van der Waals surface area contributed by atoms with Crippen LogP contribution in [0.2, 0.25) is 0 Å². The highest BCUT2D eigenvalue weighted by Gasteiger charge is 2.49. The molecular weight excluding hydrogens is 280 g/mol. The Balaban J connectivity index is 1.77. The van der Waals surface area contributed by atoms with Crippen molar-refractivity contribution in [1.82, 2.24) is 10.2 Å². The molecule has 5 heteroatoms. The molecule has 1 aromatic carbocycles. The first kappa shape index (κ1) is 15.0. The van der Waals surface area contributed by atoms with Gasteiger partial charge in [0.2, 0.25) is 0 Å². The zero-order valence-corrected chi connectivity index (χ0v) is 13.1. The topological polar surface area (TPSA) is 58.6 Å². The van der Waals surface area contributed by atoms with Gasteiger partial charge in [0.25, 0.3) is 5.91 Å². The van der Waals surface area contributed by atoms with Gasteiger partial charge in [-0.1, -0.05) is 24.3 Å². The predicted molar refractivity (Wildman–Crippen MR) is 82.4 cm³/mol. The maximum absolute atomic E-state index is 12.8. The number of amides is 3. The molecule has 0 aromatic heterocycles. The second kappa shape index (κ2) is 5.72. The molecule has 3 amide bonds. The lowest BCUT2D eigenvalue weighted by Gasteiger charge is -2.24. The summed E-state index contributed by atoms with van der Waals surface area (Å²) in [7, 11) is 0. The number of ether oxygens (including phenoxy) is 1. The van der Waals surface area contributed by atoms with E-state index in [1.165, 1.54) is 4.90 Å². The van der Waals surface area contributed by atoms with E-state index in [2.05, 4.69) is 5.32 Å². The molecule has 3 rings (SSSR count). The van der Waals surface area contributed by atoms with Gasteiger partial charge in [-0.25, -0.2) is 4.79 Å². The van der Waals surface area contributed by atoms with Crippen molar-refractivity contribution in [2.45, 2.75) is 44.8 Å². The van der Waals surface area contributed by atoms with Crippen LogP contribution in [-0.2, 0) is 15.1 Å². The first-order valence-corrected chi connectivity index (χ1v) is 7.84. The van der Waals surface area contributed by atoms with Crippen molar-refractivity contribution in [2.75, 3.05) is 13.2 Å². The highest BCUT2D eigenvalue weighted by Crippen LogP contribution is 2.31. The molecule has 2 saturated heterocycles. The Kier molecular flexibility index (Phi) is 3.91. The average Bonchev–Trinajstić information content (AvgIpc) is 3.07. The zero-order chi connectivity index (χ0) is 15.7. The Morgan fingerprint density at radius 3 is 2.82 bits per heavy atom. The van der Waals surface area contributed by atoms with Crippen LogP contribution >= 0.6 is 0 Å². The molecule has 2 heterocycles. The molecule has 118 valence electrons. The number of hydrogen-bond donors (Lipinski definition) is 1. The number of benzene rings is 1. The summed E-state index contributed by atoms with van der Waals surface area (Å²) in [6.07, 6.45) is 2.96. The van der Waals surface area contributed by atoms with E-state index in [0.29, 0.717) is 13.0 Å². The van der Waals surface area contributed by atoms with Gasteiger partial charge in [-0.15, -0.1) is 0 Å². The Hall–Kier alpha value is -1.88. The Morgan fingerprint density at radius 2 is 2.14 bits per heavy atom. The quantitative estimate of drug-likeness (QED) is 0.868. The van der Waals surface area contributed by atoms with E-state index < -0.39 is 5.54 Å². The molecule has 2 aliphatic rings. The molecule has 2 fully saturated rings. The van der Waals surface area contributed by atoms with Gasteiger partial charge in [0.15, 0.2) is 0 Å². The normalized spacial score (nSPS) is 28.3. The monoisotopic (exact) mass is 302 g/mol. The van der Waals surface area contributed by atoms with Gasteiger partial charge in [-0.3, -0.25) is 9.69 Å². The summed E-state index contributed by atoms with van der Waals surface area (Å²) in [6.45, 7) is 4.93. The molecule has 5 nitrogen and oxygen atoms in total. The number of carbonyl (C=O) groups excluding carboxylic acids is 2. The van der Waals surface area contributed by atoms with E-state index in [0.717, 1.165) is 30.6 Å². The predicted octanol–water partition coefficient (Wildman–Crippen LogP) is 2.33. The highest BCUT2D eigenvalue weighted by atomic mass is 16.5. The molecule has 22 heavy (non-hydrogen) atoms. The number of imide groups is 1. The lowest BCUT2D eigenvalue weighted by Crippen LogP contribution is -2.41. The third-order valence-electron chi connectivity index (χ3n) is 4.66. The SMILES string of the molecule is Cc1ccccc1[C@]1(C)NC(=O)N(CC[C@@H]2CCCO2)C1=O. The van der Waals surface area contributed by atoms with Crippen molar-refractivity contribution >= 4 is 11.9 Å². The molecule has 2 atom stereocenters. The summed E-state index contributed by atoms with van der Waals surface area (Å²) in [6, 6.07) is 7.36. The number of rotatable bonds is 4. The Morgan fingerprint density at radius 1 is 1.36 bits per heavy atom. The molecule has 0 spiro atoms. The number of aryl methyl sites for hydroxylation is 1. The van der Waals surface area contributed by atoms with Gasteiger partial charge in [0.05, 0.1) is 6.10 Å². The summed E-state index contributed by atoms with van der Waals surface area (Å²) in [5.41, 5.74) is 0.881. The number of carbonyl (C=O) groups is 2. The van der Waals surface area contributed by atoms with Crippen molar-refractivity contribution in [3.05, 3.63) is 35.4 Å². The molecule has 0 unspecified atom stereocenters. The molecule has 1 N–H and O–H groups in total. The molecular formula is C17H22N2O3. The second-order valence-corrected chi connectivity index (χ2v) is 6.25. The smallest absolute Gasteiger partial charge is 0.325 e. The van der Waals surface area contributed by atoms with Crippen LogP contribution in [0.5, 0.6) is 0 Å². The van der Waals surface area contributed by atoms with E-state index in [4.69, 9.17) is 4.74 Å². The van der Waals surface area contributed by atoms with Crippen molar-refractivity contribution in [2.24, 2.45) is 0 Å². The minimum Gasteiger partial charge on any atom is -0.378 e. The first-order valence-electron chi connectivity index (χ1n) is 7.84. The van der Waals surface area contributed by atoms with E-state index in [-0.39, 0.29) is 18.0 Å². The van der Waals surface area contributed by atoms with Crippen LogP contribution in [0.3, 0.4) is 0 Å². The number of urea groups is 1. The molecule has 0 saturated carbocycles. The van der Waals surface area contributed by atoms with E-state index in [1.807, 2.05) is 31.2 Å². The van der Waals surface area contributed by atoms with Crippen molar-refractivity contribution in [1.29, 1.82) is 0 Å². The highest BCUT2D eigenvalue weighted by molar-refractivity contribution is 6.07. The van der Waals surface area contributed by atoms with Crippen LogP contribution in [0, 0.1) is 6.92 Å². The fraction of sp³-hybridized carbons (Fsp3) is 0.529. The van der Waals surface area contributed by atoms with Gasteiger partial charge in [0.1, 0.15) is 5.54 Å². The van der Waals surface area contributed by atoms with Crippen LogP contribution < -0.4 is 5.32 Å². The van der Waals surface area contributed by atoms with Gasteiger partial charge >= 0.3 is 6.03 Å². The largest absolute Gasteiger partial charge is 0.378 e. The van der Waals surface area contributed by atoms with Crippen LogP contribution in [0.4, 0.5) is 4.79 Å². The Labute approximate surface area is 130 Å². The molecule has 0 radical (unpaired) electrons. The van der Waals surface area contributed by atoms with Crippen molar-refractivity contribution in [3.8, 4) is 0 Å². The summed E-state index contributed by atoms with van der Waals surface area (Å²) < 4.78 is 5.57. The van der Waals surface area contributed by atoms with Crippen LogP contribution in [0.25, 0.3) is 0 Å². The Bertz CT molecular complexity index is 595. The first-order chi connectivity index (χ1) is 10.5. The van der Waals surface area contributed by atoms with Gasteiger partial charge in [-0.2, -0.15) is 0 Å². The van der Waals surface area contributed by atoms with Gasteiger partial charge in [0, 0.05) is 13.2 Å². The zero-order valence-electron chi connectivity index (χ0n) is 13.1. The van der Waals surface area contributed by atoms with Crippen molar-refractivity contribution < 1.29 is 14.3 Å². The van der Waals surface area contributed by atoms with Gasteiger partial charge < -0.3 is 10.1 Å². The molecule has 0 aliphatic carbocycles. The third kappa shape index (κ3) is 2.50. The van der Waals surface area contributed by atoms with Crippen LogP contribution in [-0.4, -0.2) is 36.1 Å².